The van der Waals surface area contributed by atoms with E-state index in [0.29, 0.717) is 13.2 Å². The Bertz CT molecular complexity index is 233. The number of hydrogen-bond acceptors (Lipinski definition) is 3. The van der Waals surface area contributed by atoms with Crippen LogP contribution >= 0.6 is 0 Å². The fraction of sp³-hybridized carbons (Fsp3) is 0.923. The van der Waals surface area contributed by atoms with Crippen LogP contribution in [0.3, 0.4) is 0 Å². The molecule has 0 bridgehead atoms. The van der Waals surface area contributed by atoms with Gasteiger partial charge in [-0.2, -0.15) is 0 Å². The predicted octanol–water partition coefficient (Wildman–Crippen LogP) is 1.42. The highest BCUT2D eigenvalue weighted by molar-refractivity contribution is 5.79. The van der Waals surface area contributed by atoms with Crippen LogP contribution in [0.15, 0.2) is 0 Å². The number of rotatable bonds is 7. The zero-order chi connectivity index (χ0) is 12.7. The normalized spacial score (nSPS) is 23.9. The maximum absolute atomic E-state index is 12.3. The Hall–Kier alpha value is -0.610. The molecule has 1 aliphatic heterocycles. The zero-order valence-electron chi connectivity index (χ0n) is 11.0. The van der Waals surface area contributed by atoms with Gasteiger partial charge in [0, 0.05) is 19.7 Å². The van der Waals surface area contributed by atoms with Gasteiger partial charge in [-0.1, -0.05) is 19.8 Å². The first-order valence-electron chi connectivity index (χ1n) is 6.72. The van der Waals surface area contributed by atoms with Crippen LogP contribution in [0.25, 0.3) is 0 Å². The van der Waals surface area contributed by atoms with Crippen LogP contribution < -0.4 is 0 Å². The standard InChI is InChI=1S/C13H25NO3/c1-3-4-5-7-14(8-9-15)13(16)12-6-10-17-11(12)2/h11-12,15H,3-10H2,1-2H3. The predicted molar refractivity (Wildman–Crippen MR) is 66.7 cm³/mol. The molecule has 2 atom stereocenters. The van der Waals surface area contributed by atoms with E-state index in [1.807, 2.05) is 6.92 Å². The molecule has 2 unspecified atom stereocenters. The molecule has 1 N–H and O–H groups in total. The van der Waals surface area contributed by atoms with Crippen molar-refractivity contribution < 1.29 is 14.6 Å². The molecule has 1 amide bonds. The molecule has 1 rings (SSSR count). The summed E-state index contributed by atoms with van der Waals surface area (Å²) in [4.78, 5) is 14.1. The third kappa shape index (κ3) is 4.28. The van der Waals surface area contributed by atoms with E-state index in [0.717, 1.165) is 32.2 Å². The molecule has 0 aliphatic carbocycles. The molecular formula is C13H25NO3. The monoisotopic (exact) mass is 243 g/mol. The highest BCUT2D eigenvalue weighted by Gasteiger charge is 2.33. The number of amides is 1. The molecule has 1 heterocycles. The molecular weight excluding hydrogens is 218 g/mol. The van der Waals surface area contributed by atoms with Crippen molar-refractivity contribution >= 4 is 5.91 Å². The minimum absolute atomic E-state index is 0.0109. The minimum Gasteiger partial charge on any atom is -0.395 e. The lowest BCUT2D eigenvalue weighted by atomic mass is 10.0. The molecule has 4 nitrogen and oxygen atoms in total. The van der Waals surface area contributed by atoms with Crippen LogP contribution in [0.1, 0.15) is 39.5 Å². The summed E-state index contributed by atoms with van der Waals surface area (Å²) < 4.78 is 5.43. The number of ether oxygens (including phenoxy) is 1. The number of carbonyl (C=O) groups is 1. The summed E-state index contributed by atoms with van der Waals surface area (Å²) in [5.74, 6) is 0.142. The molecule has 1 fully saturated rings. The SMILES string of the molecule is CCCCCN(CCO)C(=O)C1CCOC1C. The van der Waals surface area contributed by atoms with Crippen molar-refractivity contribution in [2.75, 3.05) is 26.3 Å². The first-order chi connectivity index (χ1) is 8.20. The summed E-state index contributed by atoms with van der Waals surface area (Å²) >= 11 is 0. The van der Waals surface area contributed by atoms with E-state index in [1.165, 1.54) is 0 Å². The fourth-order valence-corrected chi connectivity index (χ4v) is 2.30. The second-order valence-corrected chi connectivity index (χ2v) is 4.73. The quantitative estimate of drug-likeness (QED) is 0.688. The van der Waals surface area contributed by atoms with Crippen molar-refractivity contribution in [3.8, 4) is 0 Å². The van der Waals surface area contributed by atoms with E-state index in [4.69, 9.17) is 9.84 Å². The average Bonchev–Trinajstić information content (AvgIpc) is 2.74. The van der Waals surface area contributed by atoms with Crippen molar-refractivity contribution in [1.82, 2.24) is 4.90 Å². The highest BCUT2D eigenvalue weighted by Crippen LogP contribution is 2.22. The van der Waals surface area contributed by atoms with Crippen LogP contribution in [0.2, 0.25) is 0 Å². The van der Waals surface area contributed by atoms with E-state index in [1.54, 1.807) is 4.90 Å². The highest BCUT2D eigenvalue weighted by atomic mass is 16.5. The third-order valence-electron chi connectivity index (χ3n) is 3.41. The first-order valence-corrected chi connectivity index (χ1v) is 6.72. The van der Waals surface area contributed by atoms with Gasteiger partial charge in [0.05, 0.1) is 18.6 Å². The zero-order valence-corrected chi connectivity index (χ0v) is 11.0. The van der Waals surface area contributed by atoms with Gasteiger partial charge in [-0.05, 0) is 19.8 Å². The maximum Gasteiger partial charge on any atom is 0.228 e. The van der Waals surface area contributed by atoms with Gasteiger partial charge in [-0.25, -0.2) is 0 Å². The molecule has 0 aromatic heterocycles. The lowest BCUT2D eigenvalue weighted by Gasteiger charge is -2.26. The van der Waals surface area contributed by atoms with Crippen LogP contribution in [-0.2, 0) is 9.53 Å². The minimum atomic E-state index is -0.0109. The molecule has 0 aromatic rings. The molecule has 0 saturated carbocycles. The summed E-state index contributed by atoms with van der Waals surface area (Å²) in [6, 6.07) is 0. The Labute approximate surface area is 104 Å². The molecule has 4 heteroatoms. The van der Waals surface area contributed by atoms with Crippen LogP contribution in [0, 0.1) is 5.92 Å². The van der Waals surface area contributed by atoms with Crippen molar-refractivity contribution in [2.45, 2.75) is 45.6 Å². The van der Waals surface area contributed by atoms with Gasteiger partial charge >= 0.3 is 0 Å². The van der Waals surface area contributed by atoms with Gasteiger partial charge in [0.15, 0.2) is 0 Å². The summed E-state index contributed by atoms with van der Waals surface area (Å²) in [5, 5.41) is 9.03. The number of nitrogens with zero attached hydrogens (tertiary/aromatic N) is 1. The van der Waals surface area contributed by atoms with Crippen LogP contribution in [-0.4, -0.2) is 48.3 Å². The first kappa shape index (κ1) is 14.5. The van der Waals surface area contributed by atoms with Crippen molar-refractivity contribution in [3.63, 3.8) is 0 Å². The average molecular weight is 243 g/mol. The summed E-state index contributed by atoms with van der Waals surface area (Å²) in [6.07, 6.45) is 4.13. The van der Waals surface area contributed by atoms with E-state index >= 15 is 0 Å². The Morgan fingerprint density at radius 3 is 2.71 bits per heavy atom. The number of aliphatic hydroxyl groups excluding tert-OH is 1. The Kier molecular flexibility index (Phi) is 6.52. The van der Waals surface area contributed by atoms with Gasteiger partial charge in [-0.3, -0.25) is 4.79 Å². The molecule has 1 aliphatic rings. The second-order valence-electron chi connectivity index (χ2n) is 4.73. The van der Waals surface area contributed by atoms with Crippen molar-refractivity contribution in [2.24, 2.45) is 5.92 Å². The number of carbonyl (C=O) groups excluding carboxylic acids is 1. The van der Waals surface area contributed by atoms with Gasteiger partial charge in [0.2, 0.25) is 5.91 Å². The summed E-state index contributed by atoms with van der Waals surface area (Å²) in [6.45, 7) is 6.03. The molecule has 0 spiro atoms. The largest absolute Gasteiger partial charge is 0.395 e. The summed E-state index contributed by atoms with van der Waals surface area (Å²) in [7, 11) is 0. The van der Waals surface area contributed by atoms with Crippen LogP contribution in [0.5, 0.6) is 0 Å². The van der Waals surface area contributed by atoms with Gasteiger partial charge in [0.1, 0.15) is 0 Å². The topological polar surface area (TPSA) is 49.8 Å². The molecule has 0 radical (unpaired) electrons. The van der Waals surface area contributed by atoms with E-state index < -0.39 is 0 Å². The smallest absolute Gasteiger partial charge is 0.228 e. The lowest BCUT2D eigenvalue weighted by Crippen LogP contribution is -2.40. The van der Waals surface area contributed by atoms with E-state index in [2.05, 4.69) is 6.92 Å². The van der Waals surface area contributed by atoms with Crippen molar-refractivity contribution in [1.29, 1.82) is 0 Å². The lowest BCUT2D eigenvalue weighted by molar-refractivity contribution is -0.137. The number of aliphatic hydroxyl groups is 1. The maximum atomic E-state index is 12.3. The van der Waals surface area contributed by atoms with Crippen LogP contribution in [0.4, 0.5) is 0 Å². The molecule has 0 aromatic carbocycles. The Morgan fingerprint density at radius 2 is 2.18 bits per heavy atom. The van der Waals surface area contributed by atoms with E-state index in [9.17, 15) is 4.79 Å². The third-order valence-corrected chi connectivity index (χ3v) is 3.41. The second kappa shape index (κ2) is 7.67. The van der Waals surface area contributed by atoms with Gasteiger partial charge in [-0.15, -0.1) is 0 Å². The fourth-order valence-electron chi connectivity index (χ4n) is 2.30. The van der Waals surface area contributed by atoms with E-state index in [-0.39, 0.29) is 24.5 Å². The Morgan fingerprint density at radius 1 is 1.41 bits per heavy atom. The van der Waals surface area contributed by atoms with Gasteiger partial charge in [0.25, 0.3) is 0 Å². The molecule has 17 heavy (non-hydrogen) atoms. The van der Waals surface area contributed by atoms with Gasteiger partial charge < -0.3 is 14.7 Å². The summed E-state index contributed by atoms with van der Waals surface area (Å²) in [5.41, 5.74) is 0. The Balaban J connectivity index is 2.47. The molecule has 1 saturated heterocycles. The number of hydrogen-bond donors (Lipinski definition) is 1. The number of unbranched alkanes of at least 4 members (excludes halogenated alkanes) is 2. The van der Waals surface area contributed by atoms with Crippen molar-refractivity contribution in [3.05, 3.63) is 0 Å². The molecule has 100 valence electrons.